The van der Waals surface area contributed by atoms with Crippen molar-refractivity contribution in [3.8, 4) is 17.4 Å². The van der Waals surface area contributed by atoms with Gasteiger partial charge in [0.05, 0.1) is 10.0 Å². The molecule has 0 unspecified atom stereocenters. The van der Waals surface area contributed by atoms with Crippen LogP contribution in [0.2, 0.25) is 10.0 Å². The van der Waals surface area contributed by atoms with E-state index >= 15 is 0 Å². The van der Waals surface area contributed by atoms with Gasteiger partial charge in [-0.3, -0.25) is 0 Å². The summed E-state index contributed by atoms with van der Waals surface area (Å²) in [4.78, 5) is 0. The summed E-state index contributed by atoms with van der Waals surface area (Å²) in [6.07, 6.45) is 0. The summed E-state index contributed by atoms with van der Waals surface area (Å²) in [6, 6.07) is 8.49. The standard InChI is InChI=1S/C10H4Cl2N2O/c11-8-2-1-6(3-9(8)12)10-4-7(5-13)14-15-10/h1-4H. The Kier molecular flexibility index (Phi) is 2.63. The predicted octanol–water partition coefficient (Wildman–Crippen LogP) is 3.52. The van der Waals surface area contributed by atoms with E-state index in [0.29, 0.717) is 15.8 Å². The molecule has 2 aromatic rings. The molecule has 0 saturated carbocycles. The first-order chi connectivity index (χ1) is 7.20. The van der Waals surface area contributed by atoms with Gasteiger partial charge in [-0.05, 0) is 18.2 Å². The highest BCUT2D eigenvalue weighted by Crippen LogP contribution is 2.28. The monoisotopic (exact) mass is 238 g/mol. The second-order valence-electron chi connectivity index (χ2n) is 2.82. The molecule has 0 aliphatic heterocycles. The molecule has 2 rings (SSSR count). The van der Waals surface area contributed by atoms with Crippen LogP contribution >= 0.6 is 23.2 Å². The number of benzene rings is 1. The van der Waals surface area contributed by atoms with Crippen molar-refractivity contribution < 1.29 is 4.52 Å². The van der Waals surface area contributed by atoms with Crippen LogP contribution < -0.4 is 0 Å². The van der Waals surface area contributed by atoms with E-state index in [1.807, 2.05) is 6.07 Å². The summed E-state index contributed by atoms with van der Waals surface area (Å²) in [5.41, 5.74) is 0.967. The van der Waals surface area contributed by atoms with Gasteiger partial charge in [0.1, 0.15) is 6.07 Å². The van der Waals surface area contributed by atoms with Crippen LogP contribution in [0.1, 0.15) is 5.69 Å². The Bertz CT molecular complexity index is 543. The van der Waals surface area contributed by atoms with Gasteiger partial charge in [-0.25, -0.2) is 0 Å². The zero-order valence-electron chi connectivity index (χ0n) is 7.37. The highest BCUT2D eigenvalue weighted by molar-refractivity contribution is 6.42. The van der Waals surface area contributed by atoms with Gasteiger partial charge in [0, 0.05) is 11.6 Å². The molecular weight excluding hydrogens is 235 g/mol. The molecule has 0 radical (unpaired) electrons. The average Bonchev–Trinajstić information content (AvgIpc) is 2.70. The predicted molar refractivity (Wildman–Crippen MR) is 56.7 cm³/mol. The molecular formula is C10H4Cl2N2O. The number of hydrogen-bond acceptors (Lipinski definition) is 3. The molecule has 3 nitrogen and oxygen atoms in total. The lowest BCUT2D eigenvalue weighted by Crippen LogP contribution is -1.74. The van der Waals surface area contributed by atoms with E-state index in [9.17, 15) is 0 Å². The molecule has 5 heteroatoms. The first kappa shape index (κ1) is 10.0. The van der Waals surface area contributed by atoms with E-state index in [1.54, 1.807) is 24.3 Å². The molecule has 1 aromatic carbocycles. The minimum Gasteiger partial charge on any atom is -0.355 e. The number of rotatable bonds is 1. The molecule has 0 spiro atoms. The van der Waals surface area contributed by atoms with Gasteiger partial charge in [-0.15, -0.1) is 0 Å². The van der Waals surface area contributed by atoms with Crippen molar-refractivity contribution in [2.45, 2.75) is 0 Å². The van der Waals surface area contributed by atoms with Crippen LogP contribution in [0, 0.1) is 11.3 Å². The molecule has 0 atom stereocenters. The maximum absolute atomic E-state index is 8.58. The fraction of sp³-hybridized carbons (Fsp3) is 0. The molecule has 0 fully saturated rings. The van der Waals surface area contributed by atoms with E-state index in [4.69, 9.17) is 33.0 Å². The first-order valence-electron chi connectivity index (χ1n) is 4.03. The summed E-state index contributed by atoms with van der Waals surface area (Å²) in [7, 11) is 0. The minimum absolute atomic E-state index is 0.232. The Hall–Kier alpha value is -1.50. The fourth-order valence-electron chi connectivity index (χ4n) is 1.11. The van der Waals surface area contributed by atoms with Gasteiger partial charge in [0.2, 0.25) is 0 Å². The van der Waals surface area contributed by atoms with Crippen LogP contribution in [0.5, 0.6) is 0 Å². The van der Waals surface area contributed by atoms with Crippen molar-refractivity contribution in [3.05, 3.63) is 40.0 Å². The summed E-state index contributed by atoms with van der Waals surface area (Å²) < 4.78 is 4.96. The third-order valence-corrected chi connectivity index (χ3v) is 2.57. The van der Waals surface area contributed by atoms with Gasteiger partial charge in [-0.1, -0.05) is 28.4 Å². The van der Waals surface area contributed by atoms with E-state index in [-0.39, 0.29) is 5.69 Å². The molecule has 0 saturated heterocycles. The second kappa shape index (κ2) is 3.93. The van der Waals surface area contributed by atoms with Crippen LogP contribution in [0.3, 0.4) is 0 Å². The van der Waals surface area contributed by atoms with Crippen molar-refractivity contribution in [1.29, 1.82) is 5.26 Å². The smallest absolute Gasteiger partial charge is 0.184 e. The highest BCUT2D eigenvalue weighted by Gasteiger charge is 2.07. The second-order valence-corrected chi connectivity index (χ2v) is 3.63. The minimum atomic E-state index is 0.232. The Morgan fingerprint density at radius 2 is 2.00 bits per heavy atom. The highest BCUT2D eigenvalue weighted by atomic mass is 35.5. The molecule has 0 N–H and O–H groups in total. The Labute approximate surface area is 95.8 Å². The fourth-order valence-corrected chi connectivity index (χ4v) is 1.41. The zero-order chi connectivity index (χ0) is 10.8. The lowest BCUT2D eigenvalue weighted by atomic mass is 10.2. The SMILES string of the molecule is N#Cc1cc(-c2ccc(Cl)c(Cl)c2)on1. The summed E-state index contributed by atoms with van der Waals surface area (Å²) in [6.45, 7) is 0. The third-order valence-electron chi connectivity index (χ3n) is 1.83. The Balaban J connectivity index is 2.46. The van der Waals surface area contributed by atoms with Crippen LogP contribution in [-0.2, 0) is 0 Å². The Morgan fingerprint density at radius 1 is 1.20 bits per heavy atom. The summed E-state index contributed by atoms with van der Waals surface area (Å²) >= 11 is 11.6. The number of hydrogen-bond donors (Lipinski definition) is 0. The molecule has 0 aliphatic rings. The molecule has 0 amide bonds. The van der Waals surface area contributed by atoms with Crippen molar-refractivity contribution in [2.75, 3.05) is 0 Å². The normalized spacial score (nSPS) is 9.93. The van der Waals surface area contributed by atoms with Crippen molar-refractivity contribution >= 4 is 23.2 Å². The van der Waals surface area contributed by atoms with Gasteiger partial charge in [0.15, 0.2) is 11.5 Å². The maximum atomic E-state index is 8.58. The van der Waals surface area contributed by atoms with Crippen LogP contribution in [0.25, 0.3) is 11.3 Å². The molecule has 1 heterocycles. The largest absolute Gasteiger partial charge is 0.355 e. The van der Waals surface area contributed by atoms with E-state index in [2.05, 4.69) is 5.16 Å². The zero-order valence-corrected chi connectivity index (χ0v) is 8.88. The van der Waals surface area contributed by atoms with E-state index in [1.165, 1.54) is 0 Å². The molecule has 15 heavy (non-hydrogen) atoms. The van der Waals surface area contributed by atoms with Gasteiger partial charge in [0.25, 0.3) is 0 Å². The topological polar surface area (TPSA) is 49.8 Å². The lowest BCUT2D eigenvalue weighted by molar-refractivity contribution is 0.430. The Morgan fingerprint density at radius 3 is 2.60 bits per heavy atom. The summed E-state index contributed by atoms with van der Waals surface area (Å²) in [5, 5.41) is 13.0. The van der Waals surface area contributed by atoms with Gasteiger partial charge < -0.3 is 4.52 Å². The van der Waals surface area contributed by atoms with Crippen molar-refractivity contribution in [1.82, 2.24) is 5.16 Å². The molecule has 74 valence electrons. The van der Waals surface area contributed by atoms with Crippen LogP contribution in [0.15, 0.2) is 28.8 Å². The van der Waals surface area contributed by atoms with Gasteiger partial charge in [-0.2, -0.15) is 5.26 Å². The van der Waals surface area contributed by atoms with Crippen LogP contribution in [-0.4, -0.2) is 5.16 Å². The van der Waals surface area contributed by atoms with E-state index < -0.39 is 0 Å². The van der Waals surface area contributed by atoms with Crippen molar-refractivity contribution in [3.63, 3.8) is 0 Å². The molecule has 0 aliphatic carbocycles. The lowest BCUT2D eigenvalue weighted by Gasteiger charge is -1.97. The van der Waals surface area contributed by atoms with Crippen LogP contribution in [0.4, 0.5) is 0 Å². The number of halogens is 2. The van der Waals surface area contributed by atoms with Gasteiger partial charge >= 0.3 is 0 Å². The molecule has 0 bridgehead atoms. The number of nitrogens with zero attached hydrogens (tertiary/aromatic N) is 2. The maximum Gasteiger partial charge on any atom is 0.184 e. The molecule has 1 aromatic heterocycles. The number of nitriles is 1. The van der Waals surface area contributed by atoms with Crippen molar-refractivity contribution in [2.24, 2.45) is 0 Å². The first-order valence-corrected chi connectivity index (χ1v) is 4.78. The average molecular weight is 239 g/mol. The quantitative estimate of drug-likeness (QED) is 0.764. The summed E-state index contributed by atoms with van der Waals surface area (Å²) in [5.74, 6) is 0.491. The van der Waals surface area contributed by atoms with E-state index in [0.717, 1.165) is 5.56 Å². The third kappa shape index (κ3) is 1.96. The number of aromatic nitrogens is 1.